The summed E-state index contributed by atoms with van der Waals surface area (Å²) in [5.41, 5.74) is 2.41. The molecule has 0 aliphatic heterocycles. The number of methoxy groups -OCH3 is 1. The van der Waals surface area contributed by atoms with E-state index in [4.69, 9.17) is 9.47 Å². The van der Waals surface area contributed by atoms with Gasteiger partial charge in [-0.25, -0.2) is 8.42 Å². The van der Waals surface area contributed by atoms with Gasteiger partial charge >= 0.3 is 0 Å². The van der Waals surface area contributed by atoms with Crippen molar-refractivity contribution in [1.29, 1.82) is 0 Å². The number of rotatable bonds is 10. The molecule has 0 bridgehead atoms. The number of anilines is 1. The van der Waals surface area contributed by atoms with Crippen LogP contribution in [0.15, 0.2) is 77.7 Å². The molecule has 0 saturated heterocycles. The minimum Gasteiger partial charge on any atom is -0.497 e. The zero-order chi connectivity index (χ0) is 23.8. The van der Waals surface area contributed by atoms with E-state index in [2.05, 4.69) is 5.32 Å². The first-order valence-corrected chi connectivity index (χ1v) is 11.9. The quantitative estimate of drug-likeness (QED) is 0.459. The number of hydrogen-bond acceptors (Lipinski definition) is 5. The molecule has 0 aromatic heterocycles. The number of nitrogens with one attached hydrogen (secondary N) is 1. The fraction of sp³-hybridized carbons (Fsp3) is 0.240. The molecule has 3 aromatic carbocycles. The Balaban J connectivity index is 1.70. The molecule has 0 unspecified atom stereocenters. The summed E-state index contributed by atoms with van der Waals surface area (Å²) in [6, 6.07) is 20.6. The van der Waals surface area contributed by atoms with Crippen molar-refractivity contribution in [2.24, 2.45) is 0 Å². The van der Waals surface area contributed by atoms with Crippen molar-refractivity contribution in [3.05, 3.63) is 83.9 Å². The van der Waals surface area contributed by atoms with E-state index < -0.39 is 15.9 Å². The van der Waals surface area contributed by atoms with Crippen LogP contribution in [0.4, 0.5) is 5.69 Å². The van der Waals surface area contributed by atoms with Crippen LogP contribution in [0, 0.1) is 13.8 Å². The average Bonchev–Trinajstić information content (AvgIpc) is 2.83. The summed E-state index contributed by atoms with van der Waals surface area (Å²) in [5.74, 6) is 0.862. The van der Waals surface area contributed by atoms with Gasteiger partial charge in [-0.3, -0.25) is 9.10 Å². The summed E-state index contributed by atoms with van der Waals surface area (Å²) in [6.45, 7) is 3.96. The molecule has 3 rings (SSSR count). The van der Waals surface area contributed by atoms with Crippen molar-refractivity contribution in [2.75, 3.05) is 31.1 Å². The third kappa shape index (κ3) is 6.26. The molecule has 1 amide bonds. The molecule has 3 aromatic rings. The minimum atomic E-state index is -3.93. The van der Waals surface area contributed by atoms with E-state index in [-0.39, 0.29) is 24.6 Å². The van der Waals surface area contributed by atoms with E-state index in [0.29, 0.717) is 17.2 Å². The van der Waals surface area contributed by atoms with Crippen LogP contribution in [0.25, 0.3) is 0 Å². The van der Waals surface area contributed by atoms with E-state index in [9.17, 15) is 13.2 Å². The largest absolute Gasteiger partial charge is 0.497 e. The maximum atomic E-state index is 13.3. The fourth-order valence-corrected chi connectivity index (χ4v) is 4.59. The first-order chi connectivity index (χ1) is 15.8. The number of carbonyl (C=O) groups is 1. The van der Waals surface area contributed by atoms with Crippen LogP contribution >= 0.6 is 0 Å². The number of nitrogens with zero attached hydrogens (tertiary/aromatic N) is 1. The number of hydrogen-bond donors (Lipinski definition) is 1. The first-order valence-electron chi connectivity index (χ1n) is 10.5. The SMILES string of the molecule is COc1cccc(OCCNC(=O)CN(c2ccc(C)c(C)c2)S(=O)(=O)c2ccccc2)c1. The highest BCUT2D eigenvalue weighted by Gasteiger charge is 2.27. The van der Waals surface area contributed by atoms with Crippen molar-refractivity contribution in [1.82, 2.24) is 5.32 Å². The van der Waals surface area contributed by atoms with Crippen molar-refractivity contribution in [3.8, 4) is 11.5 Å². The molecular weight excluding hydrogens is 440 g/mol. The van der Waals surface area contributed by atoms with E-state index in [1.54, 1.807) is 49.6 Å². The van der Waals surface area contributed by atoms with Gasteiger partial charge in [0, 0.05) is 6.07 Å². The number of amides is 1. The topological polar surface area (TPSA) is 84.9 Å². The molecule has 33 heavy (non-hydrogen) atoms. The molecule has 0 fully saturated rings. The van der Waals surface area contributed by atoms with Gasteiger partial charge in [0.2, 0.25) is 5.91 Å². The second kappa shape index (κ2) is 10.9. The van der Waals surface area contributed by atoms with E-state index >= 15 is 0 Å². The number of aryl methyl sites for hydroxylation is 2. The van der Waals surface area contributed by atoms with Gasteiger partial charge in [0.1, 0.15) is 24.7 Å². The first kappa shape index (κ1) is 24.1. The smallest absolute Gasteiger partial charge is 0.264 e. The second-order valence-corrected chi connectivity index (χ2v) is 9.33. The van der Waals surface area contributed by atoms with Crippen molar-refractivity contribution in [3.63, 3.8) is 0 Å². The Kier molecular flexibility index (Phi) is 7.95. The molecule has 0 spiro atoms. The highest BCUT2D eigenvalue weighted by molar-refractivity contribution is 7.92. The summed E-state index contributed by atoms with van der Waals surface area (Å²) < 4.78 is 38.6. The monoisotopic (exact) mass is 468 g/mol. The number of sulfonamides is 1. The van der Waals surface area contributed by atoms with E-state index in [1.165, 1.54) is 12.1 Å². The molecule has 7 nitrogen and oxygen atoms in total. The summed E-state index contributed by atoms with van der Waals surface area (Å²) in [6.07, 6.45) is 0. The normalized spacial score (nSPS) is 11.0. The van der Waals surface area contributed by atoms with Crippen LogP contribution in [0.1, 0.15) is 11.1 Å². The number of ether oxygens (including phenoxy) is 2. The van der Waals surface area contributed by atoms with Crippen molar-refractivity contribution < 1.29 is 22.7 Å². The Morgan fingerprint density at radius 1 is 0.909 bits per heavy atom. The molecule has 8 heteroatoms. The van der Waals surface area contributed by atoms with E-state index in [0.717, 1.165) is 15.4 Å². The molecule has 0 radical (unpaired) electrons. The van der Waals surface area contributed by atoms with Crippen LogP contribution < -0.4 is 19.1 Å². The molecule has 0 saturated carbocycles. The zero-order valence-corrected chi connectivity index (χ0v) is 19.8. The van der Waals surface area contributed by atoms with Gasteiger partial charge in [0.25, 0.3) is 10.0 Å². The summed E-state index contributed by atoms with van der Waals surface area (Å²) in [7, 11) is -2.36. The molecule has 0 aliphatic carbocycles. The Bertz CT molecular complexity index is 1200. The third-order valence-corrected chi connectivity index (χ3v) is 6.92. The molecule has 174 valence electrons. The zero-order valence-electron chi connectivity index (χ0n) is 18.9. The van der Waals surface area contributed by atoms with E-state index in [1.807, 2.05) is 32.0 Å². The standard InChI is InChI=1S/C25H28N2O5S/c1-19-12-13-21(16-20(19)2)27(33(29,30)24-10-5-4-6-11-24)18-25(28)26-14-15-32-23-9-7-8-22(17-23)31-3/h4-13,16-17H,14-15,18H2,1-3H3,(H,26,28). The van der Waals surface area contributed by atoms with Crippen LogP contribution in [-0.4, -0.2) is 41.1 Å². The predicted octanol–water partition coefficient (Wildman–Crippen LogP) is 3.70. The van der Waals surface area contributed by atoms with Crippen molar-refractivity contribution in [2.45, 2.75) is 18.7 Å². The van der Waals surface area contributed by atoms with Crippen LogP contribution in [-0.2, 0) is 14.8 Å². The number of carbonyl (C=O) groups excluding carboxylic acids is 1. The third-order valence-electron chi connectivity index (χ3n) is 5.13. The van der Waals surface area contributed by atoms with Gasteiger partial charge in [-0.05, 0) is 61.4 Å². The van der Waals surface area contributed by atoms with Gasteiger partial charge in [-0.15, -0.1) is 0 Å². The Morgan fingerprint density at radius 3 is 2.33 bits per heavy atom. The molecule has 0 aliphatic rings. The lowest BCUT2D eigenvalue weighted by molar-refractivity contribution is -0.119. The van der Waals surface area contributed by atoms with Crippen LogP contribution in [0.5, 0.6) is 11.5 Å². The number of benzene rings is 3. The summed E-state index contributed by atoms with van der Waals surface area (Å²) >= 11 is 0. The summed E-state index contributed by atoms with van der Waals surface area (Å²) in [5, 5.41) is 2.73. The van der Waals surface area contributed by atoms with Gasteiger partial charge in [-0.2, -0.15) is 0 Å². The molecule has 1 N–H and O–H groups in total. The maximum Gasteiger partial charge on any atom is 0.264 e. The average molecular weight is 469 g/mol. The van der Waals surface area contributed by atoms with Gasteiger partial charge in [0.15, 0.2) is 0 Å². The lowest BCUT2D eigenvalue weighted by Gasteiger charge is -2.25. The maximum absolute atomic E-state index is 13.3. The Hall–Kier alpha value is -3.52. The molecular formula is C25H28N2O5S. The lowest BCUT2D eigenvalue weighted by Crippen LogP contribution is -2.42. The van der Waals surface area contributed by atoms with Gasteiger partial charge in [-0.1, -0.05) is 30.3 Å². The predicted molar refractivity (Wildman–Crippen MR) is 128 cm³/mol. The van der Waals surface area contributed by atoms with Gasteiger partial charge in [0.05, 0.1) is 24.2 Å². The Labute approximate surface area is 195 Å². The molecule has 0 atom stereocenters. The highest BCUT2D eigenvalue weighted by Crippen LogP contribution is 2.25. The minimum absolute atomic E-state index is 0.123. The highest BCUT2D eigenvalue weighted by atomic mass is 32.2. The second-order valence-electron chi connectivity index (χ2n) is 7.47. The summed E-state index contributed by atoms with van der Waals surface area (Å²) in [4.78, 5) is 12.8. The van der Waals surface area contributed by atoms with Gasteiger partial charge < -0.3 is 14.8 Å². The Morgan fingerprint density at radius 2 is 1.64 bits per heavy atom. The fourth-order valence-electron chi connectivity index (χ4n) is 3.15. The lowest BCUT2D eigenvalue weighted by atomic mass is 10.1. The van der Waals surface area contributed by atoms with Crippen LogP contribution in [0.3, 0.4) is 0 Å². The molecule has 0 heterocycles. The van der Waals surface area contributed by atoms with Crippen molar-refractivity contribution >= 4 is 21.6 Å². The van der Waals surface area contributed by atoms with Crippen LogP contribution in [0.2, 0.25) is 0 Å².